The lowest BCUT2D eigenvalue weighted by Gasteiger charge is -2.42. The van der Waals surface area contributed by atoms with E-state index in [1.54, 1.807) is 35.2 Å². The van der Waals surface area contributed by atoms with Gasteiger partial charge < -0.3 is 4.74 Å². The Morgan fingerprint density at radius 1 is 1.14 bits per heavy atom. The number of rotatable bonds is 7. The van der Waals surface area contributed by atoms with E-state index in [-0.39, 0.29) is 12.2 Å². The van der Waals surface area contributed by atoms with E-state index in [9.17, 15) is 13.9 Å². The van der Waals surface area contributed by atoms with Gasteiger partial charge in [0.05, 0.1) is 10.7 Å². The number of hydrogen-bond donors (Lipinski definition) is 2. The first kappa shape index (κ1) is 26.0. The number of allylic oxidation sites excluding steroid dienone is 1. The summed E-state index contributed by atoms with van der Waals surface area (Å²) < 4.78 is 27.2. The predicted octanol–water partition coefficient (Wildman–Crippen LogP) is 5.76. The van der Waals surface area contributed by atoms with Crippen LogP contribution in [0.3, 0.4) is 0 Å². The molecule has 2 aromatic heterocycles. The lowest BCUT2D eigenvalue weighted by Crippen LogP contribution is -2.37. The van der Waals surface area contributed by atoms with Crippen molar-refractivity contribution in [2.24, 2.45) is 0 Å². The Hall–Kier alpha value is -2.62. The Labute approximate surface area is 223 Å². The number of pyridine rings is 2. The molecule has 0 atom stereocenters. The highest BCUT2D eigenvalue weighted by Gasteiger charge is 2.26. The highest BCUT2D eigenvalue weighted by atomic mass is 35.5. The zero-order valence-corrected chi connectivity index (χ0v) is 22.4. The largest absolute Gasteiger partial charge is 0.487 e. The molecule has 2 aliphatic rings. The van der Waals surface area contributed by atoms with E-state index in [2.05, 4.69) is 41.2 Å². The lowest BCUT2D eigenvalue weighted by molar-refractivity contribution is 0.215. The summed E-state index contributed by atoms with van der Waals surface area (Å²) >= 11 is 5.87. The molecule has 37 heavy (non-hydrogen) atoms. The van der Waals surface area contributed by atoms with Crippen molar-refractivity contribution in [3.05, 3.63) is 92.6 Å². The highest BCUT2D eigenvalue weighted by molar-refractivity contribution is 8.24. The quantitative estimate of drug-likeness (QED) is 0.395. The minimum absolute atomic E-state index is 0.126. The van der Waals surface area contributed by atoms with E-state index in [1.165, 1.54) is 17.2 Å². The fourth-order valence-electron chi connectivity index (χ4n) is 5.01. The molecule has 2 N–H and O–H groups in total. The van der Waals surface area contributed by atoms with Gasteiger partial charge in [-0.25, -0.2) is 0 Å². The van der Waals surface area contributed by atoms with Gasteiger partial charge in [0.2, 0.25) is 0 Å². The molecule has 3 heterocycles. The van der Waals surface area contributed by atoms with E-state index < -0.39 is 10.6 Å². The summed E-state index contributed by atoms with van der Waals surface area (Å²) in [5.74, 6) is 1.52. The van der Waals surface area contributed by atoms with Crippen LogP contribution in [0.1, 0.15) is 41.6 Å². The second-order valence-electron chi connectivity index (χ2n) is 9.85. The zero-order chi connectivity index (χ0) is 26.0. The van der Waals surface area contributed by atoms with E-state index in [4.69, 9.17) is 16.3 Å². The standard InChI is InChI=1S/C28H32ClN3O4S/c1-31(25-9-12-37(34,35)13-10-25)18-20-2-3-22-15-26(7-4-21(22)14-20)32-11-8-27(16-28(32)33)36-19-24-6-5-23(29)17-30-24/h2-3,5-6,8,11,14-17,25,34-35H,4,7,9-10,12-13,18-19H2,1H3. The Bertz CT molecular complexity index is 1350. The Morgan fingerprint density at radius 3 is 2.68 bits per heavy atom. The van der Waals surface area contributed by atoms with E-state index in [0.717, 1.165) is 49.2 Å². The van der Waals surface area contributed by atoms with Crippen molar-refractivity contribution >= 4 is 34.0 Å². The van der Waals surface area contributed by atoms with Gasteiger partial charge in [-0.15, -0.1) is 0 Å². The molecule has 9 heteroatoms. The summed E-state index contributed by atoms with van der Waals surface area (Å²) in [5.41, 5.74) is 5.26. The van der Waals surface area contributed by atoms with Crippen LogP contribution in [-0.2, 0) is 19.6 Å². The molecule has 1 aliphatic heterocycles. The fraction of sp³-hybridized carbons (Fsp3) is 0.357. The molecule has 0 spiro atoms. The van der Waals surface area contributed by atoms with Crippen molar-refractivity contribution < 1.29 is 13.8 Å². The van der Waals surface area contributed by atoms with Crippen LogP contribution in [0.25, 0.3) is 11.8 Å². The van der Waals surface area contributed by atoms with Gasteiger partial charge in [0.25, 0.3) is 5.56 Å². The van der Waals surface area contributed by atoms with Gasteiger partial charge in [0.15, 0.2) is 0 Å². The average molecular weight is 542 g/mol. The number of aryl methyl sites for hydroxylation is 1. The molecule has 0 bridgehead atoms. The van der Waals surface area contributed by atoms with Crippen LogP contribution >= 0.6 is 22.2 Å². The van der Waals surface area contributed by atoms with Gasteiger partial charge in [-0.1, -0.05) is 29.8 Å². The van der Waals surface area contributed by atoms with Crippen LogP contribution in [0, 0.1) is 0 Å². The van der Waals surface area contributed by atoms with Gasteiger partial charge in [-0.2, -0.15) is 10.6 Å². The molecule has 0 unspecified atom stereocenters. The molecule has 1 aliphatic carbocycles. The van der Waals surface area contributed by atoms with Crippen molar-refractivity contribution in [3.63, 3.8) is 0 Å². The maximum absolute atomic E-state index is 12.8. The number of fused-ring (bicyclic) bond motifs is 1. The smallest absolute Gasteiger partial charge is 0.258 e. The summed E-state index contributed by atoms with van der Waals surface area (Å²) in [7, 11) is -0.239. The molecule has 1 saturated heterocycles. The maximum atomic E-state index is 12.8. The molecule has 0 amide bonds. The maximum Gasteiger partial charge on any atom is 0.258 e. The predicted molar refractivity (Wildman–Crippen MR) is 150 cm³/mol. The van der Waals surface area contributed by atoms with Crippen LogP contribution in [0.2, 0.25) is 5.02 Å². The number of hydrogen-bond acceptors (Lipinski definition) is 6. The molecule has 5 rings (SSSR count). The SMILES string of the molecule is CN(Cc1ccc2c(c1)CCC(n1ccc(OCc3ccc(Cl)cn3)cc1=O)=C2)C1CCS(O)(O)CC1. The second-order valence-corrected chi connectivity index (χ2v) is 12.7. The Kier molecular flexibility index (Phi) is 7.74. The van der Waals surface area contributed by atoms with Crippen molar-refractivity contribution in [1.29, 1.82) is 0 Å². The Balaban J connectivity index is 1.23. The van der Waals surface area contributed by atoms with Crippen molar-refractivity contribution in [3.8, 4) is 5.75 Å². The number of ether oxygens (including phenoxy) is 1. The number of nitrogens with zero attached hydrogens (tertiary/aromatic N) is 3. The molecule has 7 nitrogen and oxygen atoms in total. The first-order valence-corrected chi connectivity index (χ1v) is 14.7. The van der Waals surface area contributed by atoms with Gasteiger partial charge >= 0.3 is 0 Å². The van der Waals surface area contributed by atoms with Crippen molar-refractivity contribution in [1.82, 2.24) is 14.5 Å². The first-order chi connectivity index (χ1) is 17.8. The second kappa shape index (κ2) is 11.0. The molecule has 1 aromatic carbocycles. The first-order valence-electron chi connectivity index (χ1n) is 12.5. The van der Waals surface area contributed by atoms with Crippen LogP contribution < -0.4 is 10.3 Å². The summed E-state index contributed by atoms with van der Waals surface area (Å²) in [6.07, 6.45) is 8.74. The fourth-order valence-corrected chi connectivity index (χ4v) is 6.62. The van der Waals surface area contributed by atoms with E-state index in [1.807, 2.05) is 0 Å². The van der Waals surface area contributed by atoms with Gasteiger partial charge in [-0.05, 0) is 73.7 Å². The third kappa shape index (κ3) is 6.45. The number of benzene rings is 1. The summed E-state index contributed by atoms with van der Waals surface area (Å²) in [4.78, 5) is 19.4. The highest BCUT2D eigenvalue weighted by Crippen LogP contribution is 2.44. The number of aromatic nitrogens is 2. The lowest BCUT2D eigenvalue weighted by atomic mass is 9.93. The molecular formula is C28H32ClN3O4S. The van der Waals surface area contributed by atoms with Crippen LogP contribution in [0.5, 0.6) is 5.75 Å². The summed E-state index contributed by atoms with van der Waals surface area (Å²) in [6, 6.07) is 13.8. The van der Waals surface area contributed by atoms with Crippen LogP contribution in [0.4, 0.5) is 0 Å². The van der Waals surface area contributed by atoms with Crippen LogP contribution in [0.15, 0.2) is 59.7 Å². The number of halogens is 1. The molecule has 1 fully saturated rings. The summed E-state index contributed by atoms with van der Waals surface area (Å²) in [6.45, 7) is 1.10. The van der Waals surface area contributed by atoms with Gasteiger partial charge in [0.1, 0.15) is 12.4 Å². The molecular weight excluding hydrogens is 510 g/mol. The van der Waals surface area contributed by atoms with Crippen LogP contribution in [-0.4, -0.2) is 48.2 Å². The van der Waals surface area contributed by atoms with E-state index in [0.29, 0.717) is 28.3 Å². The van der Waals surface area contributed by atoms with Crippen molar-refractivity contribution in [2.75, 3.05) is 18.6 Å². The minimum Gasteiger partial charge on any atom is -0.487 e. The molecule has 0 radical (unpaired) electrons. The third-order valence-corrected chi connectivity index (χ3v) is 9.17. The minimum atomic E-state index is -2.35. The van der Waals surface area contributed by atoms with Gasteiger partial charge in [-0.3, -0.25) is 28.4 Å². The monoisotopic (exact) mass is 541 g/mol. The van der Waals surface area contributed by atoms with E-state index >= 15 is 0 Å². The Morgan fingerprint density at radius 2 is 1.95 bits per heavy atom. The normalized spacial score (nSPS) is 18.2. The topological polar surface area (TPSA) is 87.8 Å². The third-order valence-electron chi connectivity index (χ3n) is 7.17. The average Bonchev–Trinajstić information content (AvgIpc) is 2.88. The van der Waals surface area contributed by atoms with Crippen molar-refractivity contribution in [2.45, 2.75) is 44.9 Å². The molecule has 196 valence electrons. The molecule has 0 saturated carbocycles. The zero-order valence-electron chi connectivity index (χ0n) is 20.8. The van der Waals surface area contributed by atoms with Gasteiger partial charge in [0, 0.05) is 48.2 Å². The molecule has 3 aromatic rings. The summed E-state index contributed by atoms with van der Waals surface area (Å²) in [5, 5.41) is 0.570.